The number of thiophene rings is 1. The van der Waals surface area contributed by atoms with Gasteiger partial charge in [-0.25, -0.2) is 13.2 Å². The second-order valence-corrected chi connectivity index (χ2v) is 14.0. The monoisotopic (exact) mass is 639 g/mol. The summed E-state index contributed by atoms with van der Waals surface area (Å²) in [6.45, 7) is 3.75. The number of ether oxygens (including phenoxy) is 1. The van der Waals surface area contributed by atoms with Gasteiger partial charge in [-0.1, -0.05) is 17.7 Å². The molecule has 2 aromatic heterocycles. The average molecular weight is 640 g/mol. The third-order valence-corrected chi connectivity index (χ3v) is 11.4. The van der Waals surface area contributed by atoms with Crippen molar-refractivity contribution in [2.45, 2.75) is 49.4 Å². The van der Waals surface area contributed by atoms with Gasteiger partial charge in [-0.05, 0) is 56.5 Å². The van der Waals surface area contributed by atoms with E-state index in [0.717, 1.165) is 50.1 Å². The molecule has 4 aliphatic rings. The molecule has 4 aromatic rings. The van der Waals surface area contributed by atoms with Crippen LogP contribution in [0.15, 0.2) is 18.2 Å². The highest BCUT2D eigenvalue weighted by molar-refractivity contribution is 7.23. The number of alkyl halides is 1. The Morgan fingerprint density at radius 3 is 2.82 bits per heavy atom. The first-order valence-corrected chi connectivity index (χ1v) is 16.0. The van der Waals surface area contributed by atoms with Gasteiger partial charge in [-0.2, -0.15) is 15.2 Å². The number of hydrogen-bond donors (Lipinski definition) is 2. The number of aromatic nitrogens is 2. The van der Waals surface area contributed by atoms with Crippen LogP contribution in [-0.4, -0.2) is 71.4 Å². The quantitative estimate of drug-likeness (QED) is 0.283. The number of nitrogens with zero attached hydrogens (tertiary/aromatic N) is 5. The fourth-order valence-electron chi connectivity index (χ4n) is 7.75. The molecule has 44 heavy (non-hydrogen) atoms. The van der Waals surface area contributed by atoms with Crippen molar-refractivity contribution in [3.63, 3.8) is 0 Å². The molecule has 0 bridgehead atoms. The van der Waals surface area contributed by atoms with E-state index in [-0.39, 0.29) is 60.5 Å². The molecule has 228 valence electrons. The van der Waals surface area contributed by atoms with Gasteiger partial charge >= 0.3 is 6.01 Å². The number of halogens is 4. The minimum atomic E-state index is -0.915. The number of anilines is 2. The van der Waals surface area contributed by atoms with Crippen molar-refractivity contribution in [2.24, 2.45) is 0 Å². The highest BCUT2D eigenvalue weighted by Crippen LogP contribution is 2.47. The zero-order valence-corrected chi connectivity index (χ0v) is 25.3. The Morgan fingerprint density at radius 1 is 1.23 bits per heavy atom. The van der Waals surface area contributed by atoms with E-state index in [0.29, 0.717) is 37.3 Å². The fourth-order valence-corrected chi connectivity index (χ4v) is 8.99. The molecule has 0 saturated carbocycles. The maximum Gasteiger partial charge on any atom is 0.319 e. The zero-order valence-electron chi connectivity index (χ0n) is 23.7. The summed E-state index contributed by atoms with van der Waals surface area (Å²) in [6, 6.07) is 6.30. The molecule has 4 aliphatic heterocycles. The lowest BCUT2D eigenvalue weighted by atomic mass is 9.87. The summed E-state index contributed by atoms with van der Waals surface area (Å²) in [5.74, 6) is -0.779. The molecule has 0 amide bonds. The van der Waals surface area contributed by atoms with E-state index in [9.17, 15) is 14.0 Å². The summed E-state index contributed by atoms with van der Waals surface area (Å²) in [5, 5.41) is 14.2. The van der Waals surface area contributed by atoms with E-state index < -0.39 is 23.3 Å². The fraction of sp³-hybridized carbons (Fsp3) is 0.452. The van der Waals surface area contributed by atoms with Crippen LogP contribution in [0.2, 0.25) is 5.02 Å². The molecule has 0 radical (unpaired) electrons. The van der Waals surface area contributed by atoms with E-state index in [1.54, 1.807) is 6.07 Å². The molecular weight excluding hydrogens is 611 g/mol. The first-order valence-electron chi connectivity index (χ1n) is 14.8. The minimum Gasteiger partial charge on any atom is -0.461 e. The maximum atomic E-state index is 16.8. The summed E-state index contributed by atoms with van der Waals surface area (Å²) in [6.07, 6.45) is 3.21. The molecule has 1 unspecified atom stereocenters. The number of nitrogens with two attached hydrogens (primary N) is 1. The van der Waals surface area contributed by atoms with Crippen LogP contribution >= 0.6 is 22.9 Å². The van der Waals surface area contributed by atoms with Crippen molar-refractivity contribution in [1.29, 1.82) is 5.26 Å². The Bertz CT molecular complexity index is 1890. The highest BCUT2D eigenvalue weighted by atomic mass is 35.5. The Morgan fingerprint density at radius 2 is 2.07 bits per heavy atom. The van der Waals surface area contributed by atoms with Crippen molar-refractivity contribution in [3.05, 3.63) is 40.4 Å². The normalized spacial score (nSPS) is 26.5. The predicted octanol–water partition coefficient (Wildman–Crippen LogP) is 5.79. The molecule has 4 saturated heterocycles. The zero-order chi connectivity index (χ0) is 30.4. The van der Waals surface area contributed by atoms with Crippen molar-refractivity contribution in [3.8, 4) is 23.2 Å². The Balaban J connectivity index is 1.28. The molecule has 3 N–H and O–H groups in total. The molecule has 3 atom stereocenters. The van der Waals surface area contributed by atoms with Crippen LogP contribution in [0.5, 0.6) is 6.01 Å². The third-order valence-electron chi connectivity index (χ3n) is 10.0. The van der Waals surface area contributed by atoms with Crippen LogP contribution in [0.25, 0.3) is 32.1 Å². The van der Waals surface area contributed by atoms with Gasteiger partial charge in [0.15, 0.2) is 5.82 Å². The highest BCUT2D eigenvalue weighted by Gasteiger charge is 2.49. The minimum absolute atomic E-state index is 0.00155. The van der Waals surface area contributed by atoms with Crippen LogP contribution in [0.4, 0.5) is 24.0 Å². The summed E-state index contributed by atoms with van der Waals surface area (Å²) < 4.78 is 52.5. The van der Waals surface area contributed by atoms with Gasteiger partial charge in [0.1, 0.15) is 41.0 Å². The second kappa shape index (κ2) is 10.1. The Hall–Kier alpha value is -3.37. The molecule has 8 nitrogen and oxygen atoms in total. The van der Waals surface area contributed by atoms with Crippen LogP contribution in [-0.2, 0) is 0 Å². The van der Waals surface area contributed by atoms with Gasteiger partial charge in [-0.15, -0.1) is 11.3 Å². The largest absolute Gasteiger partial charge is 0.461 e. The van der Waals surface area contributed by atoms with Crippen molar-refractivity contribution >= 4 is 54.7 Å². The van der Waals surface area contributed by atoms with E-state index in [4.69, 9.17) is 27.1 Å². The number of hydrogen-bond acceptors (Lipinski definition) is 9. The maximum absolute atomic E-state index is 16.8. The Labute approximate surface area is 260 Å². The first-order chi connectivity index (χ1) is 21.2. The molecule has 8 rings (SSSR count). The molecule has 4 fully saturated rings. The molecule has 6 heterocycles. The first kappa shape index (κ1) is 28.1. The SMILES string of the molecule is N#Cc1c(N)sc2c(F)ccc(-c3c(Cl)cc4c(N5CCC6(CCN6)C5)nc(OC[C@@]56CCCN5C[C@H](F)C6)nc4c3F)c12. The van der Waals surface area contributed by atoms with Gasteiger partial charge in [-0.3, -0.25) is 4.90 Å². The van der Waals surface area contributed by atoms with Crippen molar-refractivity contribution in [2.75, 3.05) is 50.0 Å². The standard InChI is InChI=1S/C31H29ClF3N7OS/c32-20-10-18-25(24(35)23(20)17-2-3-21(34)26-22(17)19(12-36)27(37)44-26)39-29(40-28(18)41-9-6-30(14-41)5-7-38-30)43-15-31-4-1-8-42(31)13-16(33)11-31/h2-3,10,16,38H,1,4-9,11,13-15,37H2/t16-,30?,31+/m1/s1. The summed E-state index contributed by atoms with van der Waals surface area (Å²) in [5.41, 5.74) is 5.93. The lowest BCUT2D eigenvalue weighted by molar-refractivity contribution is 0.107. The van der Waals surface area contributed by atoms with Crippen LogP contribution in [0.3, 0.4) is 0 Å². The number of rotatable bonds is 5. The van der Waals surface area contributed by atoms with E-state index in [1.165, 1.54) is 12.1 Å². The van der Waals surface area contributed by atoms with E-state index in [1.807, 2.05) is 6.07 Å². The van der Waals surface area contributed by atoms with Gasteiger partial charge in [0.25, 0.3) is 0 Å². The topological polar surface area (TPSA) is 103 Å². The molecular formula is C31H29ClF3N7OS. The summed E-state index contributed by atoms with van der Waals surface area (Å²) >= 11 is 7.75. The molecule has 13 heteroatoms. The molecule has 0 aliphatic carbocycles. The van der Waals surface area contributed by atoms with Gasteiger partial charge in [0, 0.05) is 47.9 Å². The van der Waals surface area contributed by atoms with E-state index in [2.05, 4.69) is 20.1 Å². The van der Waals surface area contributed by atoms with Crippen LogP contribution in [0.1, 0.15) is 37.7 Å². The number of benzene rings is 2. The van der Waals surface area contributed by atoms with Crippen molar-refractivity contribution in [1.82, 2.24) is 20.2 Å². The lowest BCUT2D eigenvalue weighted by Crippen LogP contribution is -2.58. The van der Waals surface area contributed by atoms with Gasteiger partial charge in [0.05, 0.1) is 20.8 Å². The predicted molar refractivity (Wildman–Crippen MR) is 165 cm³/mol. The molecule has 2 aromatic carbocycles. The van der Waals surface area contributed by atoms with Gasteiger partial charge in [0.2, 0.25) is 0 Å². The second-order valence-electron chi connectivity index (χ2n) is 12.5. The van der Waals surface area contributed by atoms with Crippen LogP contribution in [0, 0.1) is 23.0 Å². The molecule has 1 spiro atoms. The average Bonchev–Trinajstić information content (AvgIpc) is 3.74. The van der Waals surface area contributed by atoms with Crippen molar-refractivity contribution < 1.29 is 17.9 Å². The summed E-state index contributed by atoms with van der Waals surface area (Å²) in [7, 11) is 0. The lowest BCUT2D eigenvalue weighted by Gasteiger charge is -2.39. The number of nitrogens with one attached hydrogen (secondary N) is 1. The number of nitriles is 1. The number of nitrogen functional groups attached to an aromatic ring is 1. The smallest absolute Gasteiger partial charge is 0.319 e. The van der Waals surface area contributed by atoms with Gasteiger partial charge < -0.3 is 20.7 Å². The summed E-state index contributed by atoms with van der Waals surface area (Å²) in [4.78, 5) is 13.6. The Kier molecular flexibility index (Phi) is 6.44. The van der Waals surface area contributed by atoms with Crippen LogP contribution < -0.4 is 20.7 Å². The third kappa shape index (κ3) is 4.16. The van der Waals surface area contributed by atoms with E-state index >= 15 is 4.39 Å². The number of fused-ring (bicyclic) bond motifs is 3.